The molecule has 0 spiro atoms. The van der Waals surface area contributed by atoms with Gasteiger partial charge in [-0.15, -0.1) is 0 Å². The number of anilines is 2. The number of amides is 1. The summed E-state index contributed by atoms with van der Waals surface area (Å²) in [4.78, 5) is 23.1. The van der Waals surface area contributed by atoms with E-state index in [0.29, 0.717) is 47.5 Å². The molecule has 2 aromatic heterocycles. The number of hydrogen-bond donors (Lipinski definition) is 4. The third-order valence-electron chi connectivity index (χ3n) is 6.42. The predicted octanol–water partition coefficient (Wildman–Crippen LogP) is 2.02. The first-order valence-corrected chi connectivity index (χ1v) is 14.3. The minimum Gasteiger partial charge on any atom is -0.394 e. The molecule has 2 aromatic rings. The lowest BCUT2D eigenvalue weighted by Gasteiger charge is -2.33. The number of sulfone groups is 1. The summed E-state index contributed by atoms with van der Waals surface area (Å²) >= 11 is 1.30. The lowest BCUT2D eigenvalue weighted by Crippen LogP contribution is -2.43. The summed E-state index contributed by atoms with van der Waals surface area (Å²) in [5.74, 6) is -0.108. The van der Waals surface area contributed by atoms with Gasteiger partial charge in [-0.1, -0.05) is 29.6 Å². The molecule has 1 unspecified atom stereocenters. The predicted molar refractivity (Wildman–Crippen MR) is 140 cm³/mol. The summed E-state index contributed by atoms with van der Waals surface area (Å²) in [6, 6.07) is 4.86. The first-order chi connectivity index (χ1) is 17.0. The van der Waals surface area contributed by atoms with Crippen LogP contribution in [-0.4, -0.2) is 76.2 Å². The van der Waals surface area contributed by atoms with Gasteiger partial charge in [-0.2, -0.15) is 0 Å². The quantitative estimate of drug-likeness (QED) is 0.398. The molecule has 0 saturated carbocycles. The van der Waals surface area contributed by atoms with Crippen LogP contribution in [-0.2, 0) is 9.84 Å². The smallest absolute Gasteiger partial charge is 0.270 e. The van der Waals surface area contributed by atoms with Gasteiger partial charge in [-0.25, -0.2) is 18.4 Å². The third-order valence-corrected chi connectivity index (χ3v) is 9.07. The summed E-state index contributed by atoms with van der Waals surface area (Å²) in [5.41, 5.74) is 7.30. The van der Waals surface area contributed by atoms with E-state index in [-0.39, 0.29) is 23.8 Å². The van der Waals surface area contributed by atoms with Gasteiger partial charge in [0.2, 0.25) is 0 Å². The fourth-order valence-corrected chi connectivity index (χ4v) is 6.55. The fourth-order valence-electron chi connectivity index (χ4n) is 4.29. The average molecular weight is 534 g/mol. The number of allylic oxidation sites excluding steroid dienone is 3. The van der Waals surface area contributed by atoms with Crippen LogP contribution >= 0.6 is 11.3 Å². The van der Waals surface area contributed by atoms with E-state index in [1.165, 1.54) is 11.3 Å². The number of primary amides is 1. The first kappa shape index (κ1) is 26.4. The van der Waals surface area contributed by atoms with Crippen molar-refractivity contribution in [1.29, 1.82) is 0 Å². The second kappa shape index (κ2) is 10.4. The van der Waals surface area contributed by atoms with Crippen LogP contribution in [0, 0.1) is 0 Å². The Labute approximate surface area is 214 Å². The summed E-state index contributed by atoms with van der Waals surface area (Å²) in [6.07, 6.45) is 5.17. The molecule has 1 aliphatic carbocycles. The number of aliphatic hydroxyl groups excluding tert-OH is 1. The second-order valence-electron chi connectivity index (χ2n) is 9.46. The SMILES string of the molecule is CC(C)(O)C1=CC=C(c2nc(C(N)=O)c(Nc3cccc(C(CO)N4CCS(=O)(=O)CC4)n3)s2)CC1. The fraction of sp³-hybridized carbons (Fsp3) is 0.458. The van der Waals surface area contributed by atoms with Crippen molar-refractivity contribution in [2.24, 2.45) is 5.73 Å². The van der Waals surface area contributed by atoms with Crippen LogP contribution in [0.4, 0.5) is 10.8 Å². The minimum absolute atomic E-state index is 0.0510. The standard InChI is InChI=1S/C24H31N5O5S2/c1-24(2,32)16-8-6-15(7-9-16)22-28-20(21(25)31)23(35-22)27-19-5-3-4-17(26-19)18(14-30)29-10-12-36(33,34)13-11-29/h3-6,8,18,30,32H,7,9-14H2,1-2H3,(H2,25,31)(H,26,27). The van der Waals surface area contributed by atoms with Crippen LogP contribution in [0.5, 0.6) is 0 Å². The topological polar surface area (TPSA) is 159 Å². The maximum Gasteiger partial charge on any atom is 0.270 e. The van der Waals surface area contributed by atoms with Crippen molar-refractivity contribution < 1.29 is 23.4 Å². The molecule has 4 rings (SSSR count). The van der Waals surface area contributed by atoms with Gasteiger partial charge < -0.3 is 21.3 Å². The molecule has 0 aromatic carbocycles. The van der Waals surface area contributed by atoms with Crippen LogP contribution in [0.15, 0.2) is 35.9 Å². The highest BCUT2D eigenvalue weighted by atomic mass is 32.2. The van der Waals surface area contributed by atoms with Crippen molar-refractivity contribution in [3.63, 3.8) is 0 Å². The first-order valence-electron chi connectivity index (χ1n) is 11.7. The molecule has 1 amide bonds. The zero-order valence-corrected chi connectivity index (χ0v) is 21.9. The van der Waals surface area contributed by atoms with Gasteiger partial charge in [0.1, 0.15) is 15.8 Å². The largest absolute Gasteiger partial charge is 0.394 e. The van der Waals surface area contributed by atoms with Crippen LogP contribution in [0.3, 0.4) is 0 Å². The normalized spacial score (nSPS) is 19.3. The molecule has 5 N–H and O–H groups in total. The van der Waals surface area contributed by atoms with Crippen molar-refractivity contribution in [1.82, 2.24) is 14.9 Å². The maximum absolute atomic E-state index is 12.1. The molecule has 1 fully saturated rings. The molecule has 36 heavy (non-hydrogen) atoms. The average Bonchev–Trinajstić information content (AvgIpc) is 3.24. The van der Waals surface area contributed by atoms with E-state index in [2.05, 4.69) is 15.3 Å². The van der Waals surface area contributed by atoms with E-state index in [1.807, 2.05) is 17.1 Å². The second-order valence-corrected chi connectivity index (χ2v) is 12.8. The molecular formula is C24H31N5O5S2. The lowest BCUT2D eigenvalue weighted by molar-refractivity contribution is 0.0996. The molecule has 2 aliphatic rings. The van der Waals surface area contributed by atoms with Crippen LogP contribution < -0.4 is 11.1 Å². The number of aliphatic hydroxyl groups is 2. The Bertz CT molecular complexity index is 1300. The van der Waals surface area contributed by atoms with Gasteiger partial charge >= 0.3 is 0 Å². The Morgan fingerprint density at radius 2 is 1.94 bits per heavy atom. The van der Waals surface area contributed by atoms with Gasteiger partial charge in [0, 0.05) is 13.1 Å². The molecule has 1 atom stereocenters. The molecule has 0 radical (unpaired) electrons. The summed E-state index contributed by atoms with van der Waals surface area (Å²) < 4.78 is 23.6. The molecule has 12 heteroatoms. The van der Waals surface area contributed by atoms with Crippen LogP contribution in [0.2, 0.25) is 0 Å². The summed E-state index contributed by atoms with van der Waals surface area (Å²) in [5, 5.41) is 24.5. The molecule has 3 heterocycles. The third kappa shape index (κ3) is 6.01. The number of pyridine rings is 1. The minimum atomic E-state index is -3.04. The zero-order chi connectivity index (χ0) is 26.1. The Morgan fingerprint density at radius 3 is 2.53 bits per heavy atom. The Morgan fingerprint density at radius 1 is 1.22 bits per heavy atom. The van der Waals surface area contributed by atoms with Gasteiger partial charge in [-0.3, -0.25) is 9.69 Å². The van der Waals surface area contributed by atoms with Crippen molar-refractivity contribution in [2.45, 2.75) is 38.3 Å². The number of rotatable bonds is 8. The molecule has 194 valence electrons. The molecule has 1 saturated heterocycles. The van der Waals surface area contributed by atoms with E-state index in [1.54, 1.807) is 32.0 Å². The van der Waals surface area contributed by atoms with E-state index in [9.17, 15) is 23.4 Å². The van der Waals surface area contributed by atoms with Crippen molar-refractivity contribution >= 4 is 43.5 Å². The monoisotopic (exact) mass is 533 g/mol. The summed E-state index contributed by atoms with van der Waals surface area (Å²) in [6.45, 7) is 3.96. The van der Waals surface area contributed by atoms with Crippen LogP contribution in [0.1, 0.15) is 53.9 Å². The number of hydrogen-bond acceptors (Lipinski definition) is 10. The number of carbonyl (C=O) groups excluding carboxylic acids is 1. The zero-order valence-electron chi connectivity index (χ0n) is 20.3. The Kier molecular flexibility index (Phi) is 7.62. The molecule has 10 nitrogen and oxygen atoms in total. The highest BCUT2D eigenvalue weighted by molar-refractivity contribution is 7.91. The number of nitrogens with zero attached hydrogens (tertiary/aromatic N) is 3. The number of thiazole rings is 1. The molecular weight excluding hydrogens is 502 g/mol. The van der Waals surface area contributed by atoms with Gasteiger partial charge in [0.25, 0.3) is 5.91 Å². The molecule has 1 aliphatic heterocycles. The van der Waals surface area contributed by atoms with Crippen LogP contribution in [0.25, 0.3) is 5.57 Å². The highest BCUT2D eigenvalue weighted by Crippen LogP contribution is 2.37. The Hall–Kier alpha value is -2.64. The van der Waals surface area contributed by atoms with E-state index in [4.69, 9.17) is 5.73 Å². The maximum atomic E-state index is 12.1. The Balaban J connectivity index is 1.57. The van der Waals surface area contributed by atoms with E-state index < -0.39 is 27.4 Å². The summed E-state index contributed by atoms with van der Waals surface area (Å²) in [7, 11) is -3.04. The lowest BCUT2D eigenvalue weighted by atomic mass is 9.88. The number of nitrogens with one attached hydrogen (secondary N) is 1. The van der Waals surface area contributed by atoms with Crippen molar-refractivity contribution in [2.75, 3.05) is 36.5 Å². The van der Waals surface area contributed by atoms with E-state index >= 15 is 0 Å². The van der Waals surface area contributed by atoms with Gasteiger partial charge in [-0.05, 0) is 50.0 Å². The van der Waals surface area contributed by atoms with Gasteiger partial charge in [0.05, 0.1) is 35.4 Å². The van der Waals surface area contributed by atoms with Crippen molar-refractivity contribution in [3.8, 4) is 0 Å². The van der Waals surface area contributed by atoms with E-state index in [0.717, 1.165) is 11.1 Å². The number of carbonyl (C=O) groups is 1. The number of aromatic nitrogens is 2. The highest BCUT2D eigenvalue weighted by Gasteiger charge is 2.29. The van der Waals surface area contributed by atoms with Gasteiger partial charge in [0.15, 0.2) is 15.5 Å². The number of nitrogens with two attached hydrogens (primary N) is 1. The van der Waals surface area contributed by atoms with Crippen molar-refractivity contribution in [3.05, 3.63) is 52.3 Å². The molecule has 0 bridgehead atoms.